The van der Waals surface area contributed by atoms with Crippen LogP contribution in [0.25, 0.3) is 0 Å². The van der Waals surface area contributed by atoms with Gasteiger partial charge in [0.15, 0.2) is 5.96 Å². The highest BCUT2D eigenvalue weighted by Crippen LogP contribution is 2.18. The fourth-order valence-corrected chi connectivity index (χ4v) is 4.41. The lowest BCUT2D eigenvalue weighted by Gasteiger charge is -2.36. The second-order valence-corrected chi connectivity index (χ2v) is 8.90. The van der Waals surface area contributed by atoms with Gasteiger partial charge in [-0.3, -0.25) is 4.90 Å². The van der Waals surface area contributed by atoms with Crippen LogP contribution in [0, 0.1) is 0 Å². The first-order chi connectivity index (χ1) is 14.7. The fourth-order valence-electron chi connectivity index (χ4n) is 3.53. The molecule has 0 saturated carbocycles. The van der Waals surface area contributed by atoms with E-state index in [1.165, 1.54) is 5.69 Å². The van der Waals surface area contributed by atoms with E-state index in [4.69, 9.17) is 4.99 Å². The Kier molecular flexibility index (Phi) is 8.96. The number of para-hydroxylation sites is 1. The highest BCUT2D eigenvalue weighted by Gasteiger charge is 2.16. The summed E-state index contributed by atoms with van der Waals surface area (Å²) < 4.78 is 0. The molecule has 1 aromatic heterocycles. The lowest BCUT2D eigenvalue weighted by atomic mass is 10.2. The van der Waals surface area contributed by atoms with E-state index in [0.717, 1.165) is 68.9 Å². The molecule has 0 spiro atoms. The molecule has 0 aliphatic carbocycles. The van der Waals surface area contributed by atoms with Crippen molar-refractivity contribution in [3.63, 3.8) is 0 Å². The maximum atomic E-state index is 4.71. The van der Waals surface area contributed by atoms with Gasteiger partial charge in [-0.05, 0) is 37.9 Å². The molecule has 0 radical (unpaired) electrons. The average molecular weight is 429 g/mol. The molecule has 30 heavy (non-hydrogen) atoms. The second kappa shape index (κ2) is 11.9. The van der Waals surface area contributed by atoms with Gasteiger partial charge >= 0.3 is 0 Å². The number of guanidine groups is 1. The fraction of sp³-hybridized carbons (Fsp3) is 0.565. The van der Waals surface area contributed by atoms with Crippen molar-refractivity contribution >= 4 is 23.0 Å². The molecule has 164 valence electrons. The molecule has 2 aromatic rings. The zero-order chi connectivity index (χ0) is 21.2. The van der Waals surface area contributed by atoms with Crippen molar-refractivity contribution in [2.75, 3.05) is 50.7 Å². The average Bonchev–Trinajstić information content (AvgIpc) is 3.25. The second-order valence-electron chi connectivity index (χ2n) is 7.96. The van der Waals surface area contributed by atoms with Crippen molar-refractivity contribution < 1.29 is 0 Å². The smallest absolute Gasteiger partial charge is 0.191 e. The molecule has 3 rings (SSSR count). The highest BCUT2D eigenvalue weighted by molar-refractivity contribution is 7.09. The molecule has 1 aliphatic rings. The monoisotopic (exact) mass is 428 g/mol. The van der Waals surface area contributed by atoms with E-state index in [9.17, 15) is 0 Å². The Morgan fingerprint density at radius 1 is 1.13 bits per heavy atom. The van der Waals surface area contributed by atoms with Gasteiger partial charge in [0.25, 0.3) is 0 Å². The molecular weight excluding hydrogens is 392 g/mol. The Morgan fingerprint density at radius 3 is 2.57 bits per heavy atom. The minimum absolute atomic E-state index is 0.472. The van der Waals surface area contributed by atoms with Crippen molar-refractivity contribution in [3.8, 4) is 0 Å². The molecular formula is C23H36N6S. The van der Waals surface area contributed by atoms with Gasteiger partial charge in [0.1, 0.15) is 5.01 Å². The van der Waals surface area contributed by atoms with Gasteiger partial charge in [-0.1, -0.05) is 32.0 Å². The van der Waals surface area contributed by atoms with Crippen molar-refractivity contribution in [1.29, 1.82) is 0 Å². The first-order valence-corrected chi connectivity index (χ1v) is 12.0. The molecule has 2 heterocycles. The molecule has 6 nitrogen and oxygen atoms in total. The van der Waals surface area contributed by atoms with Crippen molar-refractivity contribution in [3.05, 3.63) is 46.4 Å². The minimum atomic E-state index is 0.472. The SMILES string of the molecule is CCNC(=NCc1nc(C(C)C)cs1)NCCCN1CCN(c2ccccc2)CC1. The Bertz CT molecular complexity index is 765. The van der Waals surface area contributed by atoms with Crippen LogP contribution in [-0.4, -0.2) is 61.7 Å². The number of nitrogens with zero attached hydrogens (tertiary/aromatic N) is 4. The number of benzene rings is 1. The van der Waals surface area contributed by atoms with Crippen LogP contribution in [0.3, 0.4) is 0 Å². The molecule has 1 saturated heterocycles. The Morgan fingerprint density at radius 2 is 1.90 bits per heavy atom. The normalized spacial score (nSPS) is 15.6. The van der Waals surface area contributed by atoms with Gasteiger partial charge in [0, 0.05) is 50.3 Å². The van der Waals surface area contributed by atoms with Crippen LogP contribution in [-0.2, 0) is 6.54 Å². The quantitative estimate of drug-likeness (QED) is 0.364. The van der Waals surface area contributed by atoms with E-state index in [0.29, 0.717) is 12.5 Å². The molecule has 0 amide bonds. The van der Waals surface area contributed by atoms with Crippen LogP contribution in [0.4, 0.5) is 5.69 Å². The van der Waals surface area contributed by atoms with E-state index in [2.05, 4.69) is 81.9 Å². The largest absolute Gasteiger partial charge is 0.369 e. The number of piperazine rings is 1. The maximum Gasteiger partial charge on any atom is 0.191 e. The standard InChI is InChI=1S/C23H36N6S/c1-4-24-23(26-17-22-27-21(18-30-22)19(2)3)25-11-8-12-28-13-15-29(16-14-28)20-9-6-5-7-10-20/h5-7,9-10,18-19H,4,8,11-17H2,1-3H3,(H2,24,25,26). The summed E-state index contributed by atoms with van der Waals surface area (Å²) in [6.07, 6.45) is 1.12. The summed E-state index contributed by atoms with van der Waals surface area (Å²) in [5, 5.41) is 10.0. The Labute approximate surface area is 185 Å². The first kappa shape index (κ1) is 22.6. The Hall–Kier alpha value is -2.12. The van der Waals surface area contributed by atoms with E-state index >= 15 is 0 Å². The Balaban J connectivity index is 1.36. The van der Waals surface area contributed by atoms with Crippen LogP contribution >= 0.6 is 11.3 Å². The lowest BCUT2D eigenvalue weighted by molar-refractivity contribution is 0.255. The number of anilines is 1. The highest BCUT2D eigenvalue weighted by atomic mass is 32.1. The summed E-state index contributed by atoms with van der Waals surface area (Å²) in [5.41, 5.74) is 2.50. The van der Waals surface area contributed by atoms with Crippen LogP contribution in [0.1, 0.15) is 43.8 Å². The molecule has 0 bridgehead atoms. The topological polar surface area (TPSA) is 55.8 Å². The van der Waals surface area contributed by atoms with Gasteiger partial charge in [-0.25, -0.2) is 9.98 Å². The molecule has 2 N–H and O–H groups in total. The third-order valence-electron chi connectivity index (χ3n) is 5.31. The lowest BCUT2D eigenvalue weighted by Crippen LogP contribution is -2.47. The molecule has 1 aromatic carbocycles. The summed E-state index contributed by atoms with van der Waals surface area (Å²) >= 11 is 1.70. The van der Waals surface area contributed by atoms with Crippen molar-refractivity contribution in [1.82, 2.24) is 20.5 Å². The van der Waals surface area contributed by atoms with Gasteiger partial charge < -0.3 is 15.5 Å². The summed E-state index contributed by atoms with van der Waals surface area (Å²) in [6.45, 7) is 14.5. The summed E-state index contributed by atoms with van der Waals surface area (Å²) in [5.74, 6) is 1.35. The molecule has 1 fully saturated rings. The molecule has 0 atom stereocenters. The number of aromatic nitrogens is 1. The van der Waals surface area contributed by atoms with Gasteiger partial charge in [-0.2, -0.15) is 0 Å². The third kappa shape index (κ3) is 6.99. The van der Waals surface area contributed by atoms with Gasteiger partial charge in [-0.15, -0.1) is 11.3 Å². The van der Waals surface area contributed by atoms with Gasteiger partial charge in [0.2, 0.25) is 0 Å². The third-order valence-corrected chi connectivity index (χ3v) is 6.17. The zero-order valence-corrected chi connectivity index (χ0v) is 19.4. The zero-order valence-electron chi connectivity index (χ0n) is 18.6. The van der Waals surface area contributed by atoms with Crippen LogP contribution in [0.2, 0.25) is 0 Å². The van der Waals surface area contributed by atoms with E-state index in [-0.39, 0.29) is 0 Å². The summed E-state index contributed by atoms with van der Waals surface area (Å²) in [4.78, 5) is 14.4. The van der Waals surface area contributed by atoms with Crippen LogP contribution < -0.4 is 15.5 Å². The van der Waals surface area contributed by atoms with E-state index in [1.54, 1.807) is 11.3 Å². The minimum Gasteiger partial charge on any atom is -0.369 e. The van der Waals surface area contributed by atoms with E-state index in [1.807, 2.05) is 0 Å². The van der Waals surface area contributed by atoms with Crippen LogP contribution in [0.5, 0.6) is 0 Å². The number of hydrogen-bond donors (Lipinski definition) is 2. The van der Waals surface area contributed by atoms with Crippen molar-refractivity contribution in [2.24, 2.45) is 4.99 Å². The number of nitrogens with one attached hydrogen (secondary N) is 2. The predicted molar refractivity (Wildman–Crippen MR) is 129 cm³/mol. The van der Waals surface area contributed by atoms with Crippen LogP contribution in [0.15, 0.2) is 40.7 Å². The molecule has 0 unspecified atom stereocenters. The molecule has 7 heteroatoms. The summed E-state index contributed by atoms with van der Waals surface area (Å²) in [6, 6.07) is 10.7. The predicted octanol–water partition coefficient (Wildman–Crippen LogP) is 3.53. The number of thiazole rings is 1. The van der Waals surface area contributed by atoms with E-state index < -0.39 is 0 Å². The summed E-state index contributed by atoms with van der Waals surface area (Å²) in [7, 11) is 0. The first-order valence-electron chi connectivity index (χ1n) is 11.1. The number of aliphatic imine (C=N–C) groups is 1. The number of rotatable bonds is 9. The van der Waals surface area contributed by atoms with Gasteiger partial charge in [0.05, 0.1) is 12.2 Å². The number of hydrogen-bond acceptors (Lipinski definition) is 5. The van der Waals surface area contributed by atoms with Crippen molar-refractivity contribution in [2.45, 2.75) is 39.7 Å². The molecule has 1 aliphatic heterocycles. The maximum absolute atomic E-state index is 4.71.